The molecular weight excluding hydrogens is 116 g/mol. The Labute approximate surface area is 54.9 Å². The fourth-order valence-corrected chi connectivity index (χ4v) is 0.479. The summed E-state index contributed by atoms with van der Waals surface area (Å²) in [7, 11) is 0. The lowest BCUT2D eigenvalue weighted by Gasteiger charge is -2.10. The Morgan fingerprint density at radius 3 is 2.78 bits per heavy atom. The van der Waals surface area contributed by atoms with Gasteiger partial charge in [-0.05, 0) is 6.92 Å². The van der Waals surface area contributed by atoms with E-state index in [1.807, 2.05) is 13.0 Å². The second-order valence-electron chi connectivity index (χ2n) is 1.64. The summed E-state index contributed by atoms with van der Waals surface area (Å²) in [5.41, 5.74) is 0. The third-order valence-electron chi connectivity index (χ3n) is 1.07. The predicted molar refractivity (Wildman–Crippen MR) is 33.5 cm³/mol. The van der Waals surface area contributed by atoms with Gasteiger partial charge in [-0.15, -0.1) is 0 Å². The van der Waals surface area contributed by atoms with Crippen molar-refractivity contribution in [2.45, 2.75) is 13.3 Å². The number of carbonyl (C=O) groups excluding carboxylic acids is 1. The number of hydrogen-bond acceptors (Lipinski definition) is 2. The molecule has 0 spiro atoms. The van der Waals surface area contributed by atoms with Crippen LogP contribution in [0.3, 0.4) is 0 Å². The van der Waals surface area contributed by atoms with Crippen LogP contribution >= 0.6 is 0 Å². The summed E-state index contributed by atoms with van der Waals surface area (Å²) >= 11 is 0. The molecule has 0 aliphatic carbocycles. The highest BCUT2D eigenvalue weighted by molar-refractivity contribution is 5.46. The van der Waals surface area contributed by atoms with Crippen molar-refractivity contribution in [1.82, 2.24) is 4.90 Å². The summed E-state index contributed by atoms with van der Waals surface area (Å²) in [6.07, 6.45) is 1.18. The van der Waals surface area contributed by atoms with E-state index >= 15 is 0 Å². The summed E-state index contributed by atoms with van der Waals surface area (Å²) in [6.45, 7) is 3.12. The fraction of sp³-hybridized carbons (Fsp3) is 0.667. The van der Waals surface area contributed by atoms with Crippen molar-refractivity contribution in [3.63, 3.8) is 0 Å². The zero-order valence-corrected chi connectivity index (χ0v) is 5.50. The molecule has 0 bridgehead atoms. The van der Waals surface area contributed by atoms with Gasteiger partial charge in [0.15, 0.2) is 0 Å². The average Bonchev–Trinajstić information content (AvgIpc) is 1.91. The molecule has 0 rings (SSSR count). The normalized spacial score (nSPS) is 8.00. The van der Waals surface area contributed by atoms with Gasteiger partial charge in [0, 0.05) is 13.1 Å². The SMILES string of the molecule is CCN(C=O)CCC#N. The van der Waals surface area contributed by atoms with Gasteiger partial charge in [-0.25, -0.2) is 0 Å². The molecule has 1 amide bonds. The van der Waals surface area contributed by atoms with Crippen LogP contribution in [0.1, 0.15) is 13.3 Å². The maximum atomic E-state index is 10.1. The molecule has 9 heavy (non-hydrogen) atoms. The van der Waals surface area contributed by atoms with Crippen LogP contribution in [0, 0.1) is 11.3 Å². The van der Waals surface area contributed by atoms with Gasteiger partial charge in [-0.2, -0.15) is 5.26 Å². The van der Waals surface area contributed by atoms with E-state index in [1.165, 1.54) is 0 Å². The van der Waals surface area contributed by atoms with E-state index in [4.69, 9.17) is 5.26 Å². The van der Waals surface area contributed by atoms with Gasteiger partial charge < -0.3 is 4.90 Å². The van der Waals surface area contributed by atoms with E-state index in [9.17, 15) is 4.79 Å². The summed E-state index contributed by atoms with van der Waals surface area (Å²) in [4.78, 5) is 11.6. The molecule has 0 fully saturated rings. The van der Waals surface area contributed by atoms with Crippen molar-refractivity contribution in [3.8, 4) is 6.07 Å². The lowest BCUT2D eigenvalue weighted by Crippen LogP contribution is -2.21. The van der Waals surface area contributed by atoms with E-state index < -0.39 is 0 Å². The van der Waals surface area contributed by atoms with Crippen LogP contribution < -0.4 is 0 Å². The van der Waals surface area contributed by atoms with Crippen LogP contribution in [0.5, 0.6) is 0 Å². The highest BCUT2D eigenvalue weighted by atomic mass is 16.1. The van der Waals surface area contributed by atoms with Crippen LogP contribution in [0.15, 0.2) is 0 Å². The van der Waals surface area contributed by atoms with Gasteiger partial charge in [-0.1, -0.05) is 0 Å². The Hall–Kier alpha value is -1.04. The van der Waals surface area contributed by atoms with Gasteiger partial charge >= 0.3 is 0 Å². The standard InChI is InChI=1S/C6H10N2O/c1-2-8(6-9)5-3-4-7/h6H,2-3,5H2,1H3. The zero-order chi connectivity index (χ0) is 7.11. The van der Waals surface area contributed by atoms with Crippen LogP contribution in [-0.4, -0.2) is 24.4 Å². The van der Waals surface area contributed by atoms with Crippen molar-refractivity contribution in [3.05, 3.63) is 0 Å². The molecule has 0 aromatic heterocycles. The maximum Gasteiger partial charge on any atom is 0.209 e. The smallest absolute Gasteiger partial charge is 0.209 e. The number of amides is 1. The highest BCUT2D eigenvalue weighted by Crippen LogP contribution is 1.83. The Balaban J connectivity index is 3.33. The van der Waals surface area contributed by atoms with Crippen molar-refractivity contribution in [2.24, 2.45) is 0 Å². The number of carbonyl (C=O) groups is 1. The van der Waals surface area contributed by atoms with Crippen molar-refractivity contribution < 1.29 is 4.79 Å². The van der Waals surface area contributed by atoms with E-state index in [0.717, 1.165) is 6.41 Å². The molecule has 0 unspecified atom stereocenters. The van der Waals surface area contributed by atoms with Gasteiger partial charge in [0.05, 0.1) is 12.5 Å². The summed E-state index contributed by atoms with van der Waals surface area (Å²) in [5.74, 6) is 0. The number of hydrogen-bond donors (Lipinski definition) is 0. The largest absolute Gasteiger partial charge is 0.345 e. The van der Waals surface area contributed by atoms with Gasteiger partial charge in [0.25, 0.3) is 0 Å². The molecule has 3 nitrogen and oxygen atoms in total. The van der Waals surface area contributed by atoms with E-state index in [1.54, 1.807) is 4.90 Å². The molecule has 0 aromatic rings. The summed E-state index contributed by atoms with van der Waals surface area (Å²) < 4.78 is 0. The first kappa shape index (κ1) is 7.96. The third-order valence-corrected chi connectivity index (χ3v) is 1.07. The molecular formula is C6H10N2O. The lowest BCUT2D eigenvalue weighted by molar-refractivity contribution is -0.117. The van der Waals surface area contributed by atoms with E-state index in [-0.39, 0.29) is 0 Å². The number of rotatable bonds is 4. The first-order valence-corrected chi connectivity index (χ1v) is 2.91. The first-order valence-electron chi connectivity index (χ1n) is 2.91. The van der Waals surface area contributed by atoms with Crippen LogP contribution in [0.2, 0.25) is 0 Å². The van der Waals surface area contributed by atoms with Gasteiger partial charge in [0.1, 0.15) is 0 Å². The highest BCUT2D eigenvalue weighted by Gasteiger charge is 1.93. The molecule has 0 radical (unpaired) electrons. The van der Waals surface area contributed by atoms with Crippen LogP contribution in [-0.2, 0) is 4.79 Å². The number of nitriles is 1. The minimum Gasteiger partial charge on any atom is -0.345 e. The van der Waals surface area contributed by atoms with Crippen LogP contribution in [0.4, 0.5) is 0 Å². The number of nitrogens with zero attached hydrogens (tertiary/aromatic N) is 2. The summed E-state index contributed by atoms with van der Waals surface area (Å²) in [5, 5.41) is 8.11. The molecule has 3 heteroatoms. The minimum absolute atomic E-state index is 0.423. The Bertz CT molecular complexity index is 117. The third kappa shape index (κ3) is 3.53. The summed E-state index contributed by atoms with van der Waals surface area (Å²) in [6, 6.07) is 1.97. The second-order valence-corrected chi connectivity index (χ2v) is 1.64. The van der Waals surface area contributed by atoms with Crippen LogP contribution in [0.25, 0.3) is 0 Å². The maximum absolute atomic E-state index is 10.1. The molecule has 0 saturated heterocycles. The average molecular weight is 126 g/mol. The molecule has 0 atom stereocenters. The molecule has 0 heterocycles. The van der Waals surface area contributed by atoms with E-state index in [2.05, 4.69) is 0 Å². The quantitative estimate of drug-likeness (QED) is 0.511. The fourth-order valence-electron chi connectivity index (χ4n) is 0.479. The van der Waals surface area contributed by atoms with Crippen molar-refractivity contribution in [1.29, 1.82) is 5.26 Å². The Morgan fingerprint density at radius 1 is 1.78 bits per heavy atom. The van der Waals surface area contributed by atoms with Gasteiger partial charge in [0.2, 0.25) is 6.41 Å². The first-order chi connectivity index (χ1) is 4.35. The Kier molecular flexibility index (Phi) is 4.51. The monoisotopic (exact) mass is 126 g/mol. The van der Waals surface area contributed by atoms with Crippen molar-refractivity contribution >= 4 is 6.41 Å². The van der Waals surface area contributed by atoms with Gasteiger partial charge in [-0.3, -0.25) is 4.79 Å². The molecule has 0 aliphatic heterocycles. The van der Waals surface area contributed by atoms with Crippen molar-refractivity contribution in [2.75, 3.05) is 13.1 Å². The Morgan fingerprint density at radius 2 is 2.44 bits per heavy atom. The molecule has 0 aromatic carbocycles. The topological polar surface area (TPSA) is 44.1 Å². The molecule has 0 aliphatic rings. The second kappa shape index (κ2) is 5.10. The zero-order valence-electron chi connectivity index (χ0n) is 5.50. The predicted octanol–water partition coefficient (Wildman–Crippen LogP) is 0.378. The molecule has 50 valence electrons. The van der Waals surface area contributed by atoms with E-state index in [0.29, 0.717) is 19.5 Å². The minimum atomic E-state index is 0.423. The molecule has 0 saturated carbocycles. The molecule has 0 N–H and O–H groups in total. The lowest BCUT2D eigenvalue weighted by atomic mass is 10.4.